The van der Waals surface area contributed by atoms with Crippen LogP contribution in [-0.2, 0) is 0 Å². The molecule has 0 aliphatic rings. The predicted molar refractivity (Wildman–Crippen MR) is 91.2 cm³/mol. The van der Waals surface area contributed by atoms with Crippen molar-refractivity contribution in [2.45, 2.75) is 38.5 Å². The monoisotopic (exact) mass is 310 g/mol. The molecule has 3 N–H and O–H groups in total. The molecule has 1 unspecified atom stereocenters. The molecule has 5 heteroatoms. The highest BCUT2D eigenvalue weighted by molar-refractivity contribution is 8.00. The number of nitrogens with one attached hydrogen (secondary N) is 2. The highest BCUT2D eigenvalue weighted by Gasteiger charge is 2.13. The summed E-state index contributed by atoms with van der Waals surface area (Å²) in [6.45, 7) is 8.97. The Labute approximate surface area is 131 Å². The van der Waals surface area contributed by atoms with Gasteiger partial charge < -0.3 is 15.7 Å². The van der Waals surface area contributed by atoms with Gasteiger partial charge in [-0.3, -0.25) is 4.79 Å². The zero-order chi connectivity index (χ0) is 15.9. The highest BCUT2D eigenvalue weighted by Crippen LogP contribution is 2.24. The van der Waals surface area contributed by atoms with Crippen LogP contribution in [0.15, 0.2) is 24.3 Å². The zero-order valence-electron chi connectivity index (χ0n) is 13.3. The molecule has 0 saturated carbocycles. The molecule has 0 aromatic heterocycles. The molecule has 0 heterocycles. The van der Waals surface area contributed by atoms with Crippen molar-refractivity contribution in [2.24, 2.45) is 0 Å². The molecule has 118 valence electrons. The van der Waals surface area contributed by atoms with Crippen LogP contribution in [0.3, 0.4) is 0 Å². The Bertz CT molecular complexity index is 458. The largest absolute Gasteiger partial charge is 0.395 e. The smallest absolute Gasteiger partial charge is 0.251 e. The maximum Gasteiger partial charge on any atom is 0.251 e. The van der Waals surface area contributed by atoms with E-state index < -0.39 is 0 Å². The van der Waals surface area contributed by atoms with Gasteiger partial charge >= 0.3 is 0 Å². The van der Waals surface area contributed by atoms with Gasteiger partial charge in [-0.1, -0.05) is 26.8 Å². The van der Waals surface area contributed by atoms with Gasteiger partial charge in [0.15, 0.2) is 0 Å². The van der Waals surface area contributed by atoms with Crippen LogP contribution in [0.4, 0.5) is 5.69 Å². The maximum absolute atomic E-state index is 11.8. The number of benzene rings is 1. The number of aliphatic hydroxyl groups excluding tert-OH is 1. The molecule has 0 aliphatic heterocycles. The van der Waals surface area contributed by atoms with Gasteiger partial charge in [0.1, 0.15) is 0 Å². The van der Waals surface area contributed by atoms with E-state index in [2.05, 4.69) is 38.3 Å². The van der Waals surface area contributed by atoms with Crippen LogP contribution >= 0.6 is 11.8 Å². The van der Waals surface area contributed by atoms with Gasteiger partial charge in [-0.2, -0.15) is 11.8 Å². The number of carbonyl (C=O) groups is 1. The predicted octanol–water partition coefficient (Wildman–Crippen LogP) is 2.74. The van der Waals surface area contributed by atoms with E-state index in [0.29, 0.717) is 11.6 Å². The van der Waals surface area contributed by atoms with E-state index in [-0.39, 0.29) is 23.8 Å². The van der Waals surface area contributed by atoms with E-state index in [9.17, 15) is 4.79 Å². The minimum absolute atomic E-state index is 0.0509. The van der Waals surface area contributed by atoms with Gasteiger partial charge in [-0.25, -0.2) is 0 Å². The van der Waals surface area contributed by atoms with E-state index in [1.807, 2.05) is 30.0 Å². The van der Waals surface area contributed by atoms with Crippen molar-refractivity contribution in [3.8, 4) is 0 Å². The molecule has 1 aromatic rings. The number of aliphatic hydroxyl groups is 1. The quantitative estimate of drug-likeness (QED) is 0.725. The van der Waals surface area contributed by atoms with Crippen LogP contribution in [0, 0.1) is 0 Å². The van der Waals surface area contributed by atoms with Crippen LogP contribution < -0.4 is 10.6 Å². The van der Waals surface area contributed by atoms with E-state index in [0.717, 1.165) is 11.4 Å². The summed E-state index contributed by atoms with van der Waals surface area (Å²) in [6, 6.07) is 7.75. The Morgan fingerprint density at radius 1 is 1.38 bits per heavy atom. The summed E-state index contributed by atoms with van der Waals surface area (Å²) in [6.07, 6.45) is 0. The van der Waals surface area contributed by atoms with Crippen LogP contribution in [-0.4, -0.2) is 40.7 Å². The Balaban J connectivity index is 2.57. The van der Waals surface area contributed by atoms with Crippen LogP contribution in [0.5, 0.6) is 0 Å². The van der Waals surface area contributed by atoms with Gasteiger partial charge in [0.05, 0.1) is 6.61 Å². The first-order valence-electron chi connectivity index (χ1n) is 7.21. The van der Waals surface area contributed by atoms with Crippen molar-refractivity contribution in [3.63, 3.8) is 0 Å². The summed E-state index contributed by atoms with van der Waals surface area (Å²) < 4.78 is 0.252. The number of carbonyl (C=O) groups excluding carboxylic acids is 1. The molecule has 1 aromatic carbocycles. The Morgan fingerprint density at radius 3 is 2.71 bits per heavy atom. The zero-order valence-corrected chi connectivity index (χ0v) is 14.1. The second-order valence-electron chi connectivity index (χ2n) is 6.03. The van der Waals surface area contributed by atoms with Gasteiger partial charge in [0.2, 0.25) is 0 Å². The lowest BCUT2D eigenvalue weighted by Gasteiger charge is -2.22. The second-order valence-corrected chi connectivity index (χ2v) is 7.88. The number of rotatable bonds is 7. The highest BCUT2D eigenvalue weighted by atomic mass is 32.2. The number of thioether (sulfide) groups is 1. The van der Waals surface area contributed by atoms with Crippen molar-refractivity contribution in [3.05, 3.63) is 29.8 Å². The molecule has 1 rings (SSSR count). The van der Waals surface area contributed by atoms with Gasteiger partial charge in [0.25, 0.3) is 5.91 Å². The van der Waals surface area contributed by atoms with Crippen LogP contribution in [0.2, 0.25) is 0 Å². The molecular formula is C16H26N2O2S. The summed E-state index contributed by atoms with van der Waals surface area (Å²) in [5.74, 6) is 0.842. The molecule has 0 radical (unpaired) electrons. The van der Waals surface area contributed by atoms with E-state index in [1.54, 1.807) is 6.07 Å². The molecule has 0 aliphatic carbocycles. The number of hydrogen-bond acceptors (Lipinski definition) is 4. The lowest BCUT2D eigenvalue weighted by molar-refractivity contribution is 0.0945. The molecule has 1 amide bonds. The summed E-state index contributed by atoms with van der Waals surface area (Å²) in [5.41, 5.74) is 1.54. The van der Waals surface area contributed by atoms with Crippen molar-refractivity contribution in [1.29, 1.82) is 0 Å². The first-order valence-corrected chi connectivity index (χ1v) is 8.20. The standard InChI is InChI=1S/C16H26N2O2S/c1-12(11-21-16(2,3)4)18-14-7-5-6-13(10-14)15(20)17-8-9-19/h5-7,10,12,18-19H,8-9,11H2,1-4H3,(H,17,20). The SMILES string of the molecule is CC(CSC(C)(C)C)Nc1cccc(C(=O)NCCO)c1. The molecule has 0 fully saturated rings. The lowest BCUT2D eigenvalue weighted by Crippen LogP contribution is -2.26. The second kappa shape index (κ2) is 8.29. The average molecular weight is 310 g/mol. The van der Waals surface area contributed by atoms with E-state index in [4.69, 9.17) is 5.11 Å². The van der Waals surface area contributed by atoms with Gasteiger partial charge in [0, 0.05) is 34.3 Å². The van der Waals surface area contributed by atoms with Crippen molar-refractivity contribution in [1.82, 2.24) is 5.32 Å². The minimum Gasteiger partial charge on any atom is -0.395 e. The molecule has 0 spiro atoms. The van der Waals surface area contributed by atoms with Gasteiger partial charge in [-0.15, -0.1) is 0 Å². The third kappa shape index (κ3) is 7.39. The topological polar surface area (TPSA) is 61.4 Å². The molecule has 4 nitrogen and oxygen atoms in total. The summed E-state index contributed by atoms with van der Waals surface area (Å²) in [5, 5.41) is 14.8. The Kier molecular flexibility index (Phi) is 7.05. The fourth-order valence-corrected chi connectivity index (χ4v) is 2.56. The number of hydrogen-bond donors (Lipinski definition) is 3. The average Bonchev–Trinajstić information content (AvgIpc) is 2.42. The molecule has 0 bridgehead atoms. The van der Waals surface area contributed by atoms with Crippen LogP contribution in [0.25, 0.3) is 0 Å². The summed E-state index contributed by atoms with van der Waals surface area (Å²) >= 11 is 1.91. The fourth-order valence-electron chi connectivity index (χ4n) is 1.72. The van der Waals surface area contributed by atoms with Crippen molar-refractivity contribution < 1.29 is 9.90 Å². The first-order chi connectivity index (χ1) is 9.81. The summed E-state index contributed by atoms with van der Waals surface area (Å²) in [7, 11) is 0. The lowest BCUT2D eigenvalue weighted by atomic mass is 10.2. The normalized spacial score (nSPS) is 12.8. The number of amides is 1. The first kappa shape index (κ1) is 17.9. The van der Waals surface area contributed by atoms with Gasteiger partial charge in [-0.05, 0) is 25.1 Å². The third-order valence-corrected chi connectivity index (χ3v) is 4.23. The Hall–Kier alpha value is -1.20. The molecular weight excluding hydrogens is 284 g/mol. The molecule has 0 saturated heterocycles. The third-order valence-electron chi connectivity index (χ3n) is 2.70. The van der Waals surface area contributed by atoms with Crippen LogP contribution in [0.1, 0.15) is 38.1 Å². The molecule has 1 atom stereocenters. The van der Waals surface area contributed by atoms with E-state index >= 15 is 0 Å². The number of anilines is 1. The van der Waals surface area contributed by atoms with Crippen molar-refractivity contribution in [2.75, 3.05) is 24.2 Å². The summed E-state index contributed by atoms with van der Waals surface area (Å²) in [4.78, 5) is 11.8. The molecule has 21 heavy (non-hydrogen) atoms. The fraction of sp³-hybridized carbons (Fsp3) is 0.562. The van der Waals surface area contributed by atoms with E-state index in [1.165, 1.54) is 0 Å². The Morgan fingerprint density at radius 2 is 2.10 bits per heavy atom. The minimum atomic E-state index is -0.163. The maximum atomic E-state index is 11.8. The van der Waals surface area contributed by atoms with Crippen molar-refractivity contribution >= 4 is 23.4 Å².